The van der Waals surface area contributed by atoms with Crippen molar-refractivity contribution in [1.29, 1.82) is 0 Å². The first-order valence-corrected chi connectivity index (χ1v) is 25.4. The van der Waals surface area contributed by atoms with Gasteiger partial charge in [0.05, 0.1) is 22.1 Å². The Hall–Kier alpha value is -8.97. The summed E-state index contributed by atoms with van der Waals surface area (Å²) in [5, 5.41) is 7.36. The lowest BCUT2D eigenvalue weighted by Gasteiger charge is -2.21. The molecule has 0 N–H and O–H groups in total. The number of hydrogen-bond donors (Lipinski definition) is 0. The Morgan fingerprint density at radius 3 is 1.68 bits per heavy atom. The van der Waals surface area contributed by atoms with Crippen molar-refractivity contribution in [1.82, 2.24) is 24.1 Å². The summed E-state index contributed by atoms with van der Waals surface area (Å²) in [6.45, 7) is 4.69. The van der Waals surface area contributed by atoms with E-state index < -0.39 is 0 Å². The third-order valence-corrected chi connectivity index (χ3v) is 16.3. The van der Waals surface area contributed by atoms with E-state index >= 15 is 0 Å². The molecule has 10 aromatic carbocycles. The zero-order chi connectivity index (χ0) is 47.7. The molecule has 0 unspecified atom stereocenters. The summed E-state index contributed by atoms with van der Waals surface area (Å²) in [7, 11) is 0. The zero-order valence-electron chi connectivity index (χ0n) is 39.5. The molecule has 0 atom stereocenters. The molecule has 1 aliphatic rings. The number of para-hydroxylation sites is 2. The lowest BCUT2D eigenvalue weighted by molar-refractivity contribution is 0.661. The minimum atomic E-state index is -0.194. The van der Waals surface area contributed by atoms with Crippen molar-refractivity contribution in [3.8, 4) is 67.8 Å². The van der Waals surface area contributed by atoms with Crippen LogP contribution in [0.15, 0.2) is 224 Å². The Balaban J connectivity index is 0.933. The molecule has 6 heteroatoms. The quantitative estimate of drug-likeness (QED) is 0.167. The van der Waals surface area contributed by atoms with E-state index in [-0.39, 0.29) is 5.41 Å². The second kappa shape index (κ2) is 15.5. The van der Waals surface area contributed by atoms with E-state index in [0.29, 0.717) is 17.6 Å². The van der Waals surface area contributed by atoms with Gasteiger partial charge in [0.2, 0.25) is 5.95 Å². The van der Waals surface area contributed by atoms with E-state index in [1.807, 2.05) is 47.7 Å². The normalized spacial score (nSPS) is 13.0. The van der Waals surface area contributed by atoms with Gasteiger partial charge in [0.15, 0.2) is 11.6 Å². The highest BCUT2D eigenvalue weighted by atomic mass is 32.1. The van der Waals surface area contributed by atoms with Gasteiger partial charge in [-0.25, -0.2) is 4.98 Å². The maximum atomic E-state index is 5.30. The fraction of sp³-hybridized carbons (Fsp3) is 0.0455. The van der Waals surface area contributed by atoms with Crippen molar-refractivity contribution >= 4 is 75.1 Å². The van der Waals surface area contributed by atoms with Gasteiger partial charge >= 0.3 is 0 Å². The van der Waals surface area contributed by atoms with Gasteiger partial charge in [-0.2, -0.15) is 9.97 Å². The molecule has 0 aliphatic heterocycles. The molecule has 0 saturated heterocycles. The topological polar surface area (TPSA) is 48.5 Å². The van der Waals surface area contributed by atoms with Gasteiger partial charge in [-0.05, 0) is 117 Å². The summed E-state index contributed by atoms with van der Waals surface area (Å²) in [6, 6.07) is 81.4. The number of nitrogens with zero attached hydrogens (tertiary/aromatic N) is 5. The third-order valence-electron chi connectivity index (χ3n) is 15.2. The van der Waals surface area contributed by atoms with Crippen molar-refractivity contribution in [2.45, 2.75) is 19.3 Å². The van der Waals surface area contributed by atoms with Crippen LogP contribution in [0, 0.1) is 0 Å². The number of thiophene rings is 1. The van der Waals surface area contributed by atoms with Gasteiger partial charge < -0.3 is 4.57 Å². The van der Waals surface area contributed by atoms with Crippen molar-refractivity contribution in [2.75, 3.05) is 0 Å². The first kappa shape index (κ1) is 40.9. The zero-order valence-corrected chi connectivity index (χ0v) is 40.3. The second-order valence-corrected chi connectivity index (χ2v) is 20.7. The fourth-order valence-corrected chi connectivity index (χ4v) is 12.9. The standard InChI is InChI=1S/C66H43N5S/c1-66(2)54-26-14-12-23-47(54)49-38-52-51-35-42(29-32-58(51)71(59(52)39-55(49)66)65-68-63(40-17-6-3-7-18-40)67-64(69-65)41-19-8-4-9-20-41)43-31-34-60-53(36-43)62-46(25-16-28-61(62)72-60)44-30-33-57-50(37-44)48-24-13-15-27-56(48)70(57)45-21-10-5-11-22-45/h3-39H,1-2H3. The van der Waals surface area contributed by atoms with Gasteiger partial charge in [0.1, 0.15) is 0 Å². The second-order valence-electron chi connectivity index (χ2n) is 19.6. The van der Waals surface area contributed by atoms with Crippen LogP contribution in [0.4, 0.5) is 0 Å². The lowest BCUT2D eigenvalue weighted by atomic mass is 9.82. The summed E-state index contributed by atoms with van der Waals surface area (Å²) in [5.74, 6) is 1.86. The summed E-state index contributed by atoms with van der Waals surface area (Å²) in [4.78, 5) is 15.7. The Morgan fingerprint density at radius 1 is 0.347 bits per heavy atom. The van der Waals surface area contributed by atoms with Gasteiger partial charge in [0, 0.05) is 63.9 Å². The van der Waals surface area contributed by atoms with Gasteiger partial charge in [-0.15, -0.1) is 11.3 Å². The summed E-state index contributed by atoms with van der Waals surface area (Å²) >= 11 is 1.87. The van der Waals surface area contributed by atoms with Crippen LogP contribution in [-0.4, -0.2) is 24.1 Å². The lowest BCUT2D eigenvalue weighted by Crippen LogP contribution is -2.15. The number of aromatic nitrogens is 5. The average molecular weight is 938 g/mol. The van der Waals surface area contributed by atoms with Crippen molar-refractivity contribution < 1.29 is 0 Å². The number of rotatable bonds is 6. The van der Waals surface area contributed by atoms with Gasteiger partial charge in [-0.1, -0.05) is 166 Å². The summed E-state index contributed by atoms with van der Waals surface area (Å²) in [6.07, 6.45) is 0. The predicted octanol–water partition coefficient (Wildman–Crippen LogP) is 17.4. The van der Waals surface area contributed by atoms with Crippen molar-refractivity contribution in [3.63, 3.8) is 0 Å². The minimum absolute atomic E-state index is 0.194. The number of benzene rings is 10. The van der Waals surface area contributed by atoms with E-state index in [1.54, 1.807) is 0 Å². The molecule has 5 nitrogen and oxygen atoms in total. The van der Waals surface area contributed by atoms with Crippen LogP contribution in [0.25, 0.3) is 132 Å². The largest absolute Gasteiger partial charge is 0.309 e. The molecule has 1 aliphatic carbocycles. The van der Waals surface area contributed by atoms with Gasteiger partial charge in [-0.3, -0.25) is 4.57 Å². The van der Waals surface area contributed by atoms with Crippen LogP contribution in [0.2, 0.25) is 0 Å². The number of fused-ring (bicyclic) bond motifs is 12. The summed E-state index contributed by atoms with van der Waals surface area (Å²) < 4.78 is 7.21. The highest BCUT2D eigenvalue weighted by molar-refractivity contribution is 7.26. The average Bonchev–Trinajstić information content (AvgIpc) is 4.15. The van der Waals surface area contributed by atoms with E-state index in [0.717, 1.165) is 44.2 Å². The first-order chi connectivity index (χ1) is 35.4. The SMILES string of the molecule is CC1(C)c2ccccc2-c2cc3c4cc(-c5ccc6sc7cccc(-c8ccc9c(c8)c8ccccc8n9-c8ccccc8)c7c6c5)ccc4n(-c4nc(-c5ccccc5)nc(-c5ccccc5)n4)c3cc21. The first-order valence-electron chi connectivity index (χ1n) is 24.6. The molecule has 0 fully saturated rings. The van der Waals surface area contributed by atoms with Crippen LogP contribution < -0.4 is 0 Å². The molecule has 72 heavy (non-hydrogen) atoms. The Bertz CT molecular complexity index is 4470. The van der Waals surface area contributed by atoms with E-state index in [2.05, 4.69) is 211 Å². The molecular weight excluding hydrogens is 895 g/mol. The van der Waals surface area contributed by atoms with E-state index in [4.69, 9.17) is 15.0 Å². The van der Waals surface area contributed by atoms with Crippen LogP contribution in [-0.2, 0) is 5.41 Å². The highest BCUT2D eigenvalue weighted by Crippen LogP contribution is 2.51. The van der Waals surface area contributed by atoms with Crippen LogP contribution in [0.5, 0.6) is 0 Å². The molecule has 15 rings (SSSR count). The third kappa shape index (κ3) is 6.09. The summed E-state index contributed by atoms with van der Waals surface area (Å²) in [5.41, 5.74) is 17.4. The monoisotopic (exact) mass is 937 g/mol. The van der Waals surface area contributed by atoms with Crippen LogP contribution in [0.1, 0.15) is 25.0 Å². The maximum Gasteiger partial charge on any atom is 0.238 e. The predicted molar refractivity (Wildman–Crippen MR) is 301 cm³/mol. The molecule has 0 saturated carbocycles. The Morgan fingerprint density at radius 2 is 0.917 bits per heavy atom. The molecule has 4 aromatic heterocycles. The van der Waals surface area contributed by atoms with Crippen LogP contribution in [0.3, 0.4) is 0 Å². The maximum absolute atomic E-state index is 5.30. The molecule has 0 bridgehead atoms. The van der Waals surface area contributed by atoms with Gasteiger partial charge in [0.25, 0.3) is 0 Å². The molecule has 4 heterocycles. The fourth-order valence-electron chi connectivity index (χ4n) is 11.7. The van der Waals surface area contributed by atoms with E-state index in [9.17, 15) is 0 Å². The molecule has 0 spiro atoms. The molecule has 0 radical (unpaired) electrons. The Kier molecular flexibility index (Phi) is 8.81. The molecule has 14 aromatic rings. The highest BCUT2D eigenvalue weighted by Gasteiger charge is 2.36. The minimum Gasteiger partial charge on any atom is -0.309 e. The van der Waals surface area contributed by atoms with E-state index in [1.165, 1.54) is 80.9 Å². The molecule has 0 amide bonds. The van der Waals surface area contributed by atoms with Crippen molar-refractivity contribution in [2.24, 2.45) is 0 Å². The Labute approximate surface area is 419 Å². The van der Waals surface area contributed by atoms with Crippen molar-refractivity contribution in [3.05, 3.63) is 236 Å². The number of hydrogen-bond acceptors (Lipinski definition) is 4. The molecular formula is C66H43N5S. The molecule has 338 valence electrons. The smallest absolute Gasteiger partial charge is 0.238 e. The van der Waals surface area contributed by atoms with Crippen LogP contribution >= 0.6 is 11.3 Å².